The Kier molecular flexibility index (Phi) is 6.09. The van der Waals surface area contributed by atoms with E-state index in [4.69, 9.17) is 11.0 Å². The van der Waals surface area contributed by atoms with Crippen molar-refractivity contribution in [3.63, 3.8) is 0 Å². The van der Waals surface area contributed by atoms with Crippen LogP contribution >= 0.6 is 11.3 Å². The molecule has 2 atom stereocenters. The lowest BCUT2D eigenvalue weighted by atomic mass is 10.0. The largest absolute Gasteiger partial charge is 0.378 e. The lowest BCUT2D eigenvalue weighted by Crippen LogP contribution is -2.48. The van der Waals surface area contributed by atoms with E-state index in [0.717, 1.165) is 5.01 Å². The van der Waals surface area contributed by atoms with E-state index in [0.29, 0.717) is 41.0 Å². The summed E-state index contributed by atoms with van der Waals surface area (Å²) in [6.07, 6.45) is 2.07. The molecule has 0 bridgehead atoms. The number of piperidine rings is 1. The predicted octanol–water partition coefficient (Wildman–Crippen LogP) is 2.38. The number of aryl methyl sites for hydroxylation is 1. The third kappa shape index (κ3) is 4.73. The molecule has 1 aliphatic heterocycles. The second-order valence-electron chi connectivity index (χ2n) is 7.25. The van der Waals surface area contributed by atoms with Gasteiger partial charge in [0.1, 0.15) is 28.9 Å². The maximum Gasteiger partial charge on any atom is 0.252 e. The first-order chi connectivity index (χ1) is 15.4. The van der Waals surface area contributed by atoms with Crippen LogP contribution in [-0.2, 0) is 0 Å². The Bertz CT molecular complexity index is 1160. The van der Waals surface area contributed by atoms with Crippen LogP contribution in [0.1, 0.15) is 27.3 Å². The normalized spacial score (nSPS) is 18.1. The highest BCUT2D eigenvalue weighted by molar-refractivity contribution is 7.15. The van der Waals surface area contributed by atoms with Gasteiger partial charge in [-0.2, -0.15) is 5.26 Å². The van der Waals surface area contributed by atoms with Crippen LogP contribution in [0.2, 0.25) is 0 Å². The fourth-order valence-electron chi connectivity index (χ4n) is 3.41. The Morgan fingerprint density at radius 3 is 2.81 bits per heavy atom. The summed E-state index contributed by atoms with van der Waals surface area (Å²) in [6.45, 7) is 2.52. The first-order valence-corrected chi connectivity index (χ1v) is 10.6. The van der Waals surface area contributed by atoms with Gasteiger partial charge in [-0.25, -0.2) is 14.4 Å². The SMILES string of the molecule is Cc1nnc(Nc2cc(N[C@@H]3CCN(c4ccc(C#N)cn4)C[C@@H]3F)c(C(N)=O)cn2)s1. The average Bonchev–Trinajstić information content (AvgIpc) is 3.19. The van der Waals surface area contributed by atoms with Crippen LogP contribution in [0.4, 0.5) is 26.8 Å². The molecule has 0 aromatic carbocycles. The van der Waals surface area contributed by atoms with E-state index >= 15 is 4.39 Å². The summed E-state index contributed by atoms with van der Waals surface area (Å²) in [5.41, 5.74) is 6.51. The fourth-order valence-corrected chi connectivity index (χ4v) is 4.01. The van der Waals surface area contributed by atoms with Gasteiger partial charge in [0.15, 0.2) is 0 Å². The van der Waals surface area contributed by atoms with Gasteiger partial charge < -0.3 is 21.3 Å². The van der Waals surface area contributed by atoms with E-state index in [-0.39, 0.29) is 12.1 Å². The summed E-state index contributed by atoms with van der Waals surface area (Å²) in [4.78, 5) is 22.1. The van der Waals surface area contributed by atoms with E-state index in [9.17, 15) is 4.79 Å². The molecule has 1 saturated heterocycles. The number of aromatic nitrogens is 4. The molecule has 4 N–H and O–H groups in total. The quantitative estimate of drug-likeness (QED) is 0.512. The van der Waals surface area contributed by atoms with Crippen LogP contribution in [0.15, 0.2) is 30.6 Å². The number of nitrogens with one attached hydrogen (secondary N) is 2. The number of nitriles is 1. The van der Waals surface area contributed by atoms with Gasteiger partial charge in [0.2, 0.25) is 5.13 Å². The Hall–Kier alpha value is -3.85. The van der Waals surface area contributed by atoms with Gasteiger partial charge in [0.25, 0.3) is 5.91 Å². The minimum absolute atomic E-state index is 0.128. The summed E-state index contributed by atoms with van der Waals surface area (Å²) in [5.74, 6) is 0.391. The van der Waals surface area contributed by atoms with Crippen LogP contribution in [0, 0.1) is 18.3 Å². The molecule has 1 fully saturated rings. The summed E-state index contributed by atoms with van der Waals surface area (Å²) in [6, 6.07) is 6.46. The Balaban J connectivity index is 1.48. The monoisotopic (exact) mass is 453 g/mol. The topological polar surface area (TPSA) is 146 Å². The number of hydrogen-bond donors (Lipinski definition) is 3. The second-order valence-corrected chi connectivity index (χ2v) is 8.43. The molecule has 0 aliphatic carbocycles. The summed E-state index contributed by atoms with van der Waals surface area (Å²) < 4.78 is 15.0. The van der Waals surface area contributed by atoms with Gasteiger partial charge >= 0.3 is 0 Å². The zero-order chi connectivity index (χ0) is 22.7. The van der Waals surface area contributed by atoms with Gasteiger partial charge in [-0.15, -0.1) is 10.2 Å². The number of nitrogens with two attached hydrogens (primary N) is 1. The van der Waals surface area contributed by atoms with Crippen molar-refractivity contribution in [2.45, 2.75) is 25.6 Å². The average molecular weight is 454 g/mol. The molecule has 10 nitrogen and oxygen atoms in total. The smallest absolute Gasteiger partial charge is 0.252 e. The molecule has 1 aliphatic rings. The van der Waals surface area contributed by atoms with Gasteiger partial charge in [0.05, 0.1) is 29.4 Å². The van der Waals surface area contributed by atoms with Gasteiger partial charge in [0, 0.05) is 25.0 Å². The summed E-state index contributed by atoms with van der Waals surface area (Å²) >= 11 is 1.36. The fraction of sp³-hybridized carbons (Fsp3) is 0.300. The molecule has 4 heterocycles. The van der Waals surface area contributed by atoms with E-state index in [2.05, 4.69) is 30.8 Å². The molecular weight excluding hydrogens is 433 g/mol. The number of halogens is 1. The molecule has 0 spiro atoms. The Morgan fingerprint density at radius 2 is 2.19 bits per heavy atom. The number of carbonyl (C=O) groups is 1. The zero-order valence-electron chi connectivity index (χ0n) is 17.1. The molecule has 4 rings (SSSR count). The summed E-state index contributed by atoms with van der Waals surface area (Å²) in [5, 5.41) is 24.3. The van der Waals surface area contributed by atoms with Crippen LogP contribution in [0.3, 0.4) is 0 Å². The number of hydrogen-bond acceptors (Lipinski definition) is 10. The molecule has 164 valence electrons. The van der Waals surface area contributed by atoms with Gasteiger partial charge in [-0.1, -0.05) is 11.3 Å². The molecule has 0 unspecified atom stereocenters. The lowest BCUT2D eigenvalue weighted by molar-refractivity contribution is 0.100. The highest BCUT2D eigenvalue weighted by Crippen LogP contribution is 2.27. The molecule has 12 heteroatoms. The van der Waals surface area contributed by atoms with Crippen molar-refractivity contribution in [2.75, 3.05) is 28.6 Å². The van der Waals surface area contributed by atoms with Crippen molar-refractivity contribution in [3.8, 4) is 6.07 Å². The minimum atomic E-state index is -1.22. The number of alkyl halides is 1. The molecule has 1 amide bonds. The van der Waals surface area contributed by atoms with Crippen molar-refractivity contribution in [3.05, 3.63) is 46.7 Å². The van der Waals surface area contributed by atoms with Gasteiger partial charge in [-0.3, -0.25) is 4.79 Å². The highest BCUT2D eigenvalue weighted by Gasteiger charge is 2.30. The Labute approximate surface area is 187 Å². The number of carbonyl (C=O) groups excluding carboxylic acids is 1. The lowest BCUT2D eigenvalue weighted by Gasteiger charge is -2.36. The van der Waals surface area contributed by atoms with Crippen LogP contribution in [0.5, 0.6) is 0 Å². The number of pyridine rings is 2. The molecule has 32 heavy (non-hydrogen) atoms. The van der Waals surface area contributed by atoms with Crippen LogP contribution < -0.4 is 21.3 Å². The van der Waals surface area contributed by atoms with E-state index in [1.807, 2.05) is 17.9 Å². The molecule has 3 aromatic rings. The molecule has 0 radical (unpaired) electrons. The van der Waals surface area contributed by atoms with Crippen molar-refractivity contribution in [2.24, 2.45) is 5.73 Å². The molecule has 0 saturated carbocycles. The van der Waals surface area contributed by atoms with E-state index in [1.54, 1.807) is 18.2 Å². The maximum atomic E-state index is 15.0. The third-order valence-corrected chi connectivity index (χ3v) is 5.77. The zero-order valence-corrected chi connectivity index (χ0v) is 17.9. The van der Waals surface area contributed by atoms with E-state index in [1.165, 1.54) is 23.7 Å². The summed E-state index contributed by atoms with van der Waals surface area (Å²) in [7, 11) is 0. The van der Waals surface area contributed by atoms with Crippen LogP contribution in [0.25, 0.3) is 0 Å². The maximum absolute atomic E-state index is 15.0. The molecule has 3 aromatic heterocycles. The number of anilines is 4. The van der Waals surface area contributed by atoms with E-state index < -0.39 is 18.1 Å². The third-order valence-electron chi connectivity index (χ3n) is 5.01. The standard InChI is InChI=1S/C20H20FN9OS/c1-11-28-29-20(32-11)27-17-6-16(13(9-24-17)19(23)31)26-15-4-5-30(10-14(15)21)18-3-2-12(7-22)8-25-18/h2-3,6,8-9,14-15H,4-5,10H2,1H3,(H2,23,31)(H2,24,26,27,29)/t14-,15+/m0/s1. The second kappa shape index (κ2) is 9.11. The van der Waals surface area contributed by atoms with Gasteiger partial charge in [-0.05, 0) is 25.5 Å². The minimum Gasteiger partial charge on any atom is -0.378 e. The first kappa shape index (κ1) is 21.4. The predicted molar refractivity (Wildman–Crippen MR) is 119 cm³/mol. The number of nitrogens with zero attached hydrogens (tertiary/aromatic N) is 6. The number of primary amides is 1. The van der Waals surface area contributed by atoms with Crippen molar-refractivity contribution >= 4 is 39.7 Å². The number of amides is 1. The van der Waals surface area contributed by atoms with Crippen molar-refractivity contribution < 1.29 is 9.18 Å². The number of rotatable bonds is 6. The highest BCUT2D eigenvalue weighted by atomic mass is 32.1. The molecular formula is C20H20FN9OS. The van der Waals surface area contributed by atoms with Crippen LogP contribution in [-0.4, -0.2) is 51.4 Å². The Morgan fingerprint density at radius 1 is 1.34 bits per heavy atom. The van der Waals surface area contributed by atoms with Crippen molar-refractivity contribution in [1.82, 2.24) is 20.2 Å². The van der Waals surface area contributed by atoms with Crippen molar-refractivity contribution in [1.29, 1.82) is 5.26 Å². The first-order valence-electron chi connectivity index (χ1n) is 9.81.